The third-order valence-corrected chi connectivity index (χ3v) is 4.72. The zero-order valence-corrected chi connectivity index (χ0v) is 11.5. The number of hydrogen-bond donors (Lipinski definition) is 0. The SMILES string of the molecule is C[N+]1(C[C@H]2COC3(CCCCC3)O2)CCOCC1. The number of morpholine rings is 1. The fourth-order valence-electron chi connectivity index (χ4n) is 3.52. The smallest absolute Gasteiger partial charge is 0.169 e. The second-order valence-corrected chi connectivity index (χ2v) is 6.38. The summed E-state index contributed by atoms with van der Waals surface area (Å²) in [6, 6.07) is 0. The molecule has 0 aromatic carbocycles. The van der Waals surface area contributed by atoms with Gasteiger partial charge < -0.3 is 18.7 Å². The van der Waals surface area contributed by atoms with Gasteiger partial charge in [-0.15, -0.1) is 0 Å². The van der Waals surface area contributed by atoms with Crippen LogP contribution >= 0.6 is 0 Å². The van der Waals surface area contributed by atoms with Gasteiger partial charge >= 0.3 is 0 Å². The van der Waals surface area contributed by atoms with Gasteiger partial charge in [0, 0.05) is 12.8 Å². The van der Waals surface area contributed by atoms with Crippen molar-refractivity contribution in [2.45, 2.75) is 44.0 Å². The molecule has 1 aliphatic carbocycles. The Morgan fingerprint density at radius 1 is 1.11 bits per heavy atom. The molecule has 0 aromatic heterocycles. The van der Waals surface area contributed by atoms with E-state index in [0.717, 1.165) is 56.8 Å². The Morgan fingerprint density at radius 2 is 1.83 bits per heavy atom. The van der Waals surface area contributed by atoms with Gasteiger partial charge in [-0.05, 0) is 12.8 Å². The average Bonchev–Trinajstić information content (AvgIpc) is 2.73. The first kappa shape index (κ1) is 12.9. The number of nitrogens with zero attached hydrogens (tertiary/aromatic N) is 1. The molecule has 3 fully saturated rings. The molecule has 4 nitrogen and oxygen atoms in total. The van der Waals surface area contributed by atoms with E-state index < -0.39 is 0 Å². The molecule has 1 spiro atoms. The maximum atomic E-state index is 6.28. The second-order valence-electron chi connectivity index (χ2n) is 6.38. The summed E-state index contributed by atoms with van der Waals surface area (Å²) in [5, 5.41) is 0. The number of likely N-dealkylation sites (N-methyl/N-ethyl adjacent to an activating group) is 1. The van der Waals surface area contributed by atoms with E-state index in [1.165, 1.54) is 19.3 Å². The third-order valence-electron chi connectivity index (χ3n) is 4.72. The molecule has 0 aromatic rings. The molecule has 4 heteroatoms. The summed E-state index contributed by atoms with van der Waals surface area (Å²) >= 11 is 0. The number of rotatable bonds is 2. The lowest BCUT2D eigenvalue weighted by Gasteiger charge is -2.39. The van der Waals surface area contributed by atoms with Crippen molar-refractivity contribution < 1.29 is 18.7 Å². The molecular weight excluding hydrogens is 230 g/mol. The highest BCUT2D eigenvalue weighted by atomic mass is 16.7. The van der Waals surface area contributed by atoms with Crippen molar-refractivity contribution >= 4 is 0 Å². The molecule has 1 saturated carbocycles. The van der Waals surface area contributed by atoms with Crippen LogP contribution in [0.5, 0.6) is 0 Å². The molecule has 3 rings (SSSR count). The van der Waals surface area contributed by atoms with Crippen LogP contribution in [0.2, 0.25) is 0 Å². The van der Waals surface area contributed by atoms with Crippen molar-refractivity contribution in [2.75, 3.05) is 46.5 Å². The lowest BCUT2D eigenvalue weighted by atomic mass is 9.94. The van der Waals surface area contributed by atoms with Crippen LogP contribution in [0.3, 0.4) is 0 Å². The van der Waals surface area contributed by atoms with E-state index in [2.05, 4.69) is 7.05 Å². The third kappa shape index (κ3) is 2.72. The zero-order valence-electron chi connectivity index (χ0n) is 11.5. The van der Waals surface area contributed by atoms with Crippen molar-refractivity contribution in [1.29, 1.82) is 0 Å². The summed E-state index contributed by atoms with van der Waals surface area (Å²) in [6.45, 7) is 5.84. The maximum absolute atomic E-state index is 6.28. The minimum atomic E-state index is -0.214. The number of quaternary nitrogens is 1. The summed E-state index contributed by atoms with van der Waals surface area (Å²) in [5.74, 6) is -0.214. The summed E-state index contributed by atoms with van der Waals surface area (Å²) in [4.78, 5) is 0. The first-order chi connectivity index (χ1) is 8.70. The monoisotopic (exact) mass is 256 g/mol. The largest absolute Gasteiger partial charge is 0.370 e. The Labute approximate surface area is 110 Å². The molecule has 2 aliphatic heterocycles. The van der Waals surface area contributed by atoms with Crippen LogP contribution in [0.1, 0.15) is 32.1 Å². The quantitative estimate of drug-likeness (QED) is 0.701. The molecular formula is C14H26NO3+. The van der Waals surface area contributed by atoms with Crippen molar-refractivity contribution in [1.82, 2.24) is 0 Å². The number of ether oxygens (including phenoxy) is 3. The normalized spacial score (nSPS) is 34.8. The van der Waals surface area contributed by atoms with Crippen LogP contribution in [-0.2, 0) is 14.2 Å². The molecule has 0 amide bonds. The lowest BCUT2D eigenvalue weighted by Crippen LogP contribution is -2.55. The Bertz CT molecular complexity index is 283. The van der Waals surface area contributed by atoms with Crippen LogP contribution < -0.4 is 0 Å². The van der Waals surface area contributed by atoms with E-state index in [-0.39, 0.29) is 11.9 Å². The van der Waals surface area contributed by atoms with Crippen molar-refractivity contribution in [3.8, 4) is 0 Å². The van der Waals surface area contributed by atoms with Crippen LogP contribution in [0.25, 0.3) is 0 Å². The van der Waals surface area contributed by atoms with E-state index >= 15 is 0 Å². The summed E-state index contributed by atoms with van der Waals surface area (Å²) in [6.07, 6.45) is 6.32. The molecule has 2 heterocycles. The Morgan fingerprint density at radius 3 is 2.56 bits per heavy atom. The van der Waals surface area contributed by atoms with Crippen LogP contribution in [0.4, 0.5) is 0 Å². The van der Waals surface area contributed by atoms with Gasteiger partial charge in [0.05, 0.1) is 26.9 Å². The number of hydrogen-bond acceptors (Lipinski definition) is 3. The Kier molecular flexibility index (Phi) is 3.63. The lowest BCUT2D eigenvalue weighted by molar-refractivity contribution is -0.919. The van der Waals surface area contributed by atoms with E-state index in [1.54, 1.807) is 0 Å². The van der Waals surface area contributed by atoms with Crippen molar-refractivity contribution in [3.05, 3.63) is 0 Å². The average molecular weight is 256 g/mol. The van der Waals surface area contributed by atoms with E-state index in [4.69, 9.17) is 14.2 Å². The van der Waals surface area contributed by atoms with Crippen molar-refractivity contribution in [3.63, 3.8) is 0 Å². The first-order valence-corrected chi connectivity index (χ1v) is 7.43. The van der Waals surface area contributed by atoms with Gasteiger partial charge in [0.1, 0.15) is 25.7 Å². The molecule has 2 saturated heterocycles. The second kappa shape index (κ2) is 5.08. The first-order valence-electron chi connectivity index (χ1n) is 7.43. The molecule has 18 heavy (non-hydrogen) atoms. The zero-order chi connectivity index (χ0) is 12.5. The molecule has 0 unspecified atom stereocenters. The summed E-state index contributed by atoms with van der Waals surface area (Å²) in [7, 11) is 2.32. The fourth-order valence-corrected chi connectivity index (χ4v) is 3.52. The van der Waals surface area contributed by atoms with Crippen LogP contribution in [0.15, 0.2) is 0 Å². The molecule has 1 atom stereocenters. The van der Waals surface area contributed by atoms with E-state index in [9.17, 15) is 0 Å². The minimum absolute atomic E-state index is 0.214. The van der Waals surface area contributed by atoms with Gasteiger partial charge in [-0.1, -0.05) is 6.42 Å². The van der Waals surface area contributed by atoms with Crippen molar-refractivity contribution in [2.24, 2.45) is 0 Å². The molecule has 104 valence electrons. The maximum Gasteiger partial charge on any atom is 0.169 e. The standard InChI is InChI=1S/C14H26NO3/c1-15(7-9-16-10-8-15)11-13-12-17-14(18-13)5-3-2-4-6-14/h13H,2-12H2,1H3/q+1/t13-/m0/s1. The summed E-state index contributed by atoms with van der Waals surface area (Å²) in [5.41, 5.74) is 0. The van der Waals surface area contributed by atoms with Gasteiger partial charge in [-0.2, -0.15) is 0 Å². The van der Waals surface area contributed by atoms with E-state index in [1.807, 2.05) is 0 Å². The van der Waals surface area contributed by atoms with Gasteiger partial charge in [0.25, 0.3) is 0 Å². The fraction of sp³-hybridized carbons (Fsp3) is 1.00. The topological polar surface area (TPSA) is 27.7 Å². The highest BCUT2D eigenvalue weighted by Gasteiger charge is 2.44. The van der Waals surface area contributed by atoms with Gasteiger partial charge in [0.15, 0.2) is 5.79 Å². The highest BCUT2D eigenvalue weighted by molar-refractivity contribution is 4.82. The predicted molar refractivity (Wildman–Crippen MR) is 68.2 cm³/mol. The molecule has 3 aliphatic rings. The predicted octanol–water partition coefficient (Wildman–Crippen LogP) is 1.54. The van der Waals surface area contributed by atoms with Crippen LogP contribution in [0, 0.1) is 0 Å². The minimum Gasteiger partial charge on any atom is -0.370 e. The van der Waals surface area contributed by atoms with E-state index in [0.29, 0.717) is 0 Å². The molecule has 0 radical (unpaired) electrons. The molecule has 0 bridgehead atoms. The Hall–Kier alpha value is -0.160. The van der Waals surface area contributed by atoms with Gasteiger partial charge in [-0.3, -0.25) is 0 Å². The Balaban J connectivity index is 1.55. The molecule has 0 N–H and O–H groups in total. The van der Waals surface area contributed by atoms with Gasteiger partial charge in [0.2, 0.25) is 0 Å². The highest BCUT2D eigenvalue weighted by Crippen LogP contribution is 2.38. The van der Waals surface area contributed by atoms with Gasteiger partial charge in [-0.25, -0.2) is 0 Å². The summed E-state index contributed by atoms with van der Waals surface area (Å²) < 4.78 is 18.8. The van der Waals surface area contributed by atoms with Crippen LogP contribution in [-0.4, -0.2) is 62.9 Å².